The molecule has 27 heavy (non-hydrogen) atoms. The second-order valence-electron chi connectivity index (χ2n) is 6.92. The first-order chi connectivity index (χ1) is 13.1. The molecule has 0 bridgehead atoms. The number of methoxy groups -OCH3 is 1. The number of carbonyl (C=O) groups is 1. The van der Waals surface area contributed by atoms with E-state index in [1.54, 1.807) is 7.11 Å². The van der Waals surface area contributed by atoms with Crippen LogP contribution in [0.2, 0.25) is 0 Å². The van der Waals surface area contributed by atoms with Crippen LogP contribution in [-0.2, 0) is 24.8 Å². The number of ether oxygens (including phenoxy) is 2. The minimum Gasteiger partial charge on any atom is -0.493 e. The van der Waals surface area contributed by atoms with Crippen LogP contribution in [0.5, 0.6) is 11.5 Å². The molecule has 0 fully saturated rings. The average Bonchev–Trinajstić information content (AvgIpc) is 2.98. The molecule has 0 unspecified atom stereocenters. The fourth-order valence-electron chi connectivity index (χ4n) is 3.53. The maximum atomic E-state index is 12.6. The summed E-state index contributed by atoms with van der Waals surface area (Å²) in [4.78, 5) is 17.2. The van der Waals surface area contributed by atoms with E-state index in [-0.39, 0.29) is 11.8 Å². The Morgan fingerprint density at radius 2 is 2.22 bits per heavy atom. The van der Waals surface area contributed by atoms with Crippen LogP contribution in [0.1, 0.15) is 17.0 Å². The molecule has 1 aliphatic heterocycles. The second-order valence-corrected chi connectivity index (χ2v) is 6.92. The van der Waals surface area contributed by atoms with E-state index in [2.05, 4.69) is 14.9 Å². The van der Waals surface area contributed by atoms with Gasteiger partial charge < -0.3 is 19.4 Å². The number of imidazole rings is 1. The average molecular weight is 365 g/mol. The van der Waals surface area contributed by atoms with Crippen molar-refractivity contribution in [1.82, 2.24) is 14.9 Å². The molecule has 0 aliphatic carbocycles. The van der Waals surface area contributed by atoms with Gasteiger partial charge in [0.15, 0.2) is 11.5 Å². The van der Waals surface area contributed by atoms with Gasteiger partial charge >= 0.3 is 0 Å². The van der Waals surface area contributed by atoms with E-state index in [9.17, 15) is 4.79 Å². The van der Waals surface area contributed by atoms with Crippen LogP contribution in [0.4, 0.5) is 0 Å². The number of aryl methyl sites for hydroxylation is 2. The summed E-state index contributed by atoms with van der Waals surface area (Å²) < 4.78 is 13.2. The van der Waals surface area contributed by atoms with Crippen LogP contribution < -0.4 is 14.8 Å². The number of amides is 1. The van der Waals surface area contributed by atoms with Crippen molar-refractivity contribution in [3.63, 3.8) is 0 Å². The van der Waals surface area contributed by atoms with Gasteiger partial charge in [-0.05, 0) is 42.7 Å². The molecule has 2 heterocycles. The number of rotatable bonds is 4. The highest BCUT2D eigenvalue weighted by atomic mass is 16.5. The van der Waals surface area contributed by atoms with E-state index < -0.39 is 0 Å². The van der Waals surface area contributed by atoms with E-state index in [0.29, 0.717) is 25.3 Å². The van der Waals surface area contributed by atoms with Crippen LogP contribution in [0, 0.1) is 12.8 Å². The number of hydrogen-bond acceptors (Lipinski definition) is 4. The molecule has 140 valence electrons. The zero-order chi connectivity index (χ0) is 19.0. The van der Waals surface area contributed by atoms with E-state index in [4.69, 9.17) is 9.47 Å². The van der Waals surface area contributed by atoms with E-state index in [1.807, 2.05) is 50.4 Å². The summed E-state index contributed by atoms with van der Waals surface area (Å²) >= 11 is 0. The molecule has 4 rings (SSSR count). The van der Waals surface area contributed by atoms with Crippen molar-refractivity contribution in [2.45, 2.75) is 19.9 Å². The molecule has 6 heteroatoms. The zero-order valence-corrected chi connectivity index (χ0v) is 15.8. The smallest absolute Gasteiger partial charge is 0.227 e. The van der Waals surface area contributed by atoms with Crippen molar-refractivity contribution in [3.05, 3.63) is 53.3 Å². The van der Waals surface area contributed by atoms with Gasteiger partial charge in [-0.3, -0.25) is 4.79 Å². The van der Waals surface area contributed by atoms with Gasteiger partial charge in [-0.2, -0.15) is 0 Å². The van der Waals surface area contributed by atoms with Crippen molar-refractivity contribution < 1.29 is 14.3 Å². The normalized spacial score (nSPS) is 15.9. The number of nitrogens with one attached hydrogen (secondary N) is 1. The number of carbonyl (C=O) groups excluding carboxylic acids is 1. The summed E-state index contributed by atoms with van der Waals surface area (Å²) in [5.41, 5.74) is 4.08. The quantitative estimate of drug-likeness (QED) is 0.772. The molecule has 1 amide bonds. The van der Waals surface area contributed by atoms with Crippen LogP contribution >= 0.6 is 0 Å². The fourth-order valence-corrected chi connectivity index (χ4v) is 3.53. The molecule has 6 nitrogen and oxygen atoms in total. The maximum Gasteiger partial charge on any atom is 0.227 e. The van der Waals surface area contributed by atoms with Gasteiger partial charge in [0, 0.05) is 13.6 Å². The molecule has 1 atom stereocenters. The Labute approximate surface area is 158 Å². The summed E-state index contributed by atoms with van der Waals surface area (Å²) in [6.07, 6.45) is 0.650. The predicted molar refractivity (Wildman–Crippen MR) is 103 cm³/mol. The summed E-state index contributed by atoms with van der Waals surface area (Å²) in [5, 5.41) is 3.03. The lowest BCUT2D eigenvalue weighted by Gasteiger charge is -2.25. The summed E-state index contributed by atoms with van der Waals surface area (Å²) in [5.74, 6) is 2.23. The van der Waals surface area contributed by atoms with Gasteiger partial charge in [-0.1, -0.05) is 18.2 Å². The number of para-hydroxylation sites is 1. The first-order valence-electron chi connectivity index (χ1n) is 9.05. The molecule has 0 saturated heterocycles. The molecule has 0 saturated carbocycles. The van der Waals surface area contributed by atoms with Gasteiger partial charge in [0.2, 0.25) is 5.91 Å². The lowest BCUT2D eigenvalue weighted by molar-refractivity contribution is -0.126. The Balaban J connectivity index is 1.42. The third kappa shape index (κ3) is 3.23. The van der Waals surface area contributed by atoms with Gasteiger partial charge in [0.05, 0.1) is 24.1 Å². The predicted octanol–water partition coefficient (Wildman–Crippen LogP) is 2.76. The molecule has 1 aliphatic rings. The highest BCUT2D eigenvalue weighted by molar-refractivity contribution is 5.80. The van der Waals surface area contributed by atoms with Crippen molar-refractivity contribution in [1.29, 1.82) is 0 Å². The van der Waals surface area contributed by atoms with Crippen LogP contribution in [0.15, 0.2) is 36.4 Å². The number of fused-ring (bicyclic) bond motifs is 2. The SMILES string of the molecule is COc1cccc2c1OC[C@H](C(=O)NCc1ccc3c(c1)nc(C)n3C)C2. The summed E-state index contributed by atoms with van der Waals surface area (Å²) in [7, 11) is 3.62. The standard InChI is InChI=1S/C21H23N3O3/c1-13-23-17-9-14(7-8-18(17)24(13)2)11-22-21(25)16-10-15-5-4-6-19(26-3)20(15)27-12-16/h4-9,16H,10-12H2,1-3H3,(H,22,25)/t16-/m1/s1. The van der Waals surface area contributed by atoms with Crippen molar-refractivity contribution in [2.24, 2.45) is 13.0 Å². The van der Waals surface area contributed by atoms with Crippen LogP contribution in [-0.4, -0.2) is 29.2 Å². The highest BCUT2D eigenvalue weighted by Gasteiger charge is 2.27. The van der Waals surface area contributed by atoms with Gasteiger partial charge in [-0.15, -0.1) is 0 Å². The van der Waals surface area contributed by atoms with Crippen LogP contribution in [0.3, 0.4) is 0 Å². The number of benzene rings is 2. The van der Waals surface area contributed by atoms with Gasteiger partial charge in [0.1, 0.15) is 12.4 Å². The zero-order valence-electron chi connectivity index (χ0n) is 15.8. The molecule has 1 aromatic heterocycles. The van der Waals surface area contributed by atoms with E-state index in [1.165, 1.54) is 0 Å². The Morgan fingerprint density at radius 1 is 1.37 bits per heavy atom. The number of hydrogen-bond donors (Lipinski definition) is 1. The van der Waals surface area contributed by atoms with Crippen molar-refractivity contribution >= 4 is 16.9 Å². The highest BCUT2D eigenvalue weighted by Crippen LogP contribution is 2.36. The van der Waals surface area contributed by atoms with Gasteiger partial charge in [-0.25, -0.2) is 4.98 Å². The second kappa shape index (κ2) is 6.95. The number of aromatic nitrogens is 2. The Bertz CT molecular complexity index is 1010. The van der Waals surface area contributed by atoms with Crippen molar-refractivity contribution in [3.8, 4) is 11.5 Å². The first kappa shape index (κ1) is 17.4. The lowest BCUT2D eigenvalue weighted by Crippen LogP contribution is -2.37. The van der Waals surface area contributed by atoms with E-state index >= 15 is 0 Å². The molecule has 2 aromatic carbocycles. The molecular formula is C21H23N3O3. The first-order valence-corrected chi connectivity index (χ1v) is 9.05. The fraction of sp³-hybridized carbons (Fsp3) is 0.333. The Morgan fingerprint density at radius 3 is 3.04 bits per heavy atom. The molecule has 0 radical (unpaired) electrons. The third-order valence-electron chi connectivity index (χ3n) is 5.18. The molecular weight excluding hydrogens is 342 g/mol. The largest absolute Gasteiger partial charge is 0.493 e. The molecule has 3 aromatic rings. The van der Waals surface area contributed by atoms with E-state index in [0.717, 1.165) is 33.7 Å². The van der Waals surface area contributed by atoms with Gasteiger partial charge in [0.25, 0.3) is 0 Å². The molecule has 1 N–H and O–H groups in total. The summed E-state index contributed by atoms with van der Waals surface area (Å²) in [6, 6.07) is 11.9. The third-order valence-corrected chi connectivity index (χ3v) is 5.18. The number of nitrogens with zero attached hydrogens (tertiary/aromatic N) is 2. The Hall–Kier alpha value is -3.02. The minimum atomic E-state index is -0.203. The topological polar surface area (TPSA) is 65.4 Å². The lowest BCUT2D eigenvalue weighted by atomic mass is 9.95. The maximum absolute atomic E-state index is 12.6. The van der Waals surface area contributed by atoms with Crippen LogP contribution in [0.25, 0.3) is 11.0 Å². The van der Waals surface area contributed by atoms with Crippen molar-refractivity contribution in [2.75, 3.05) is 13.7 Å². The monoisotopic (exact) mass is 365 g/mol. The Kier molecular flexibility index (Phi) is 4.48. The summed E-state index contributed by atoms with van der Waals surface area (Å²) in [6.45, 7) is 2.82. The molecule has 0 spiro atoms. The minimum absolute atomic E-state index is 0.000711.